The van der Waals surface area contributed by atoms with Crippen LogP contribution >= 0.6 is 0 Å². The number of rotatable bonds is 5. The molecule has 0 heterocycles. The second kappa shape index (κ2) is 5.26. The summed E-state index contributed by atoms with van der Waals surface area (Å²) in [4.78, 5) is 13.1. The minimum absolute atomic E-state index is 0.0534. The average molecular weight is 292 g/mol. The fraction of sp³-hybridized carbons (Fsp3) is 0.944. The first-order valence-electron chi connectivity index (χ1n) is 8.87. The van der Waals surface area contributed by atoms with Gasteiger partial charge in [0.1, 0.15) is 0 Å². The molecule has 0 saturated heterocycles. The number of hydrogen-bond donors (Lipinski definition) is 2. The molecule has 3 heteroatoms. The molecule has 0 aromatic heterocycles. The van der Waals surface area contributed by atoms with Gasteiger partial charge >= 0.3 is 0 Å². The molecule has 4 bridgehead atoms. The highest BCUT2D eigenvalue weighted by Gasteiger charge is 2.55. The monoisotopic (exact) mass is 292 g/mol. The van der Waals surface area contributed by atoms with Crippen molar-refractivity contribution < 1.29 is 4.79 Å². The molecule has 4 rings (SSSR count). The van der Waals surface area contributed by atoms with Gasteiger partial charge in [0.25, 0.3) is 0 Å². The van der Waals surface area contributed by atoms with Crippen LogP contribution in [0.4, 0.5) is 0 Å². The molecule has 1 unspecified atom stereocenters. The molecule has 0 aromatic rings. The molecule has 1 atom stereocenters. The van der Waals surface area contributed by atoms with Crippen LogP contribution in [0.25, 0.3) is 0 Å². The van der Waals surface area contributed by atoms with E-state index in [1.165, 1.54) is 19.3 Å². The van der Waals surface area contributed by atoms with Crippen LogP contribution in [0, 0.1) is 29.1 Å². The van der Waals surface area contributed by atoms with Crippen molar-refractivity contribution in [1.29, 1.82) is 0 Å². The smallest absolute Gasteiger partial charge is 0.226 e. The maximum absolute atomic E-state index is 13.1. The van der Waals surface area contributed by atoms with E-state index in [-0.39, 0.29) is 11.0 Å². The van der Waals surface area contributed by atoms with Gasteiger partial charge < -0.3 is 11.1 Å². The van der Waals surface area contributed by atoms with Crippen molar-refractivity contribution in [1.82, 2.24) is 5.32 Å². The summed E-state index contributed by atoms with van der Waals surface area (Å²) < 4.78 is 0. The standard InChI is InChI=1S/C18H32N2O/c1-12(2)7-17(3,11-19)20-16(21)18-8-13-4-14(9-18)6-15(5-13)10-18/h12-15H,4-11,19H2,1-3H3,(H,20,21). The summed E-state index contributed by atoms with van der Waals surface area (Å²) >= 11 is 0. The molecule has 120 valence electrons. The largest absolute Gasteiger partial charge is 0.349 e. The fourth-order valence-corrected chi connectivity index (χ4v) is 5.88. The van der Waals surface area contributed by atoms with E-state index in [2.05, 4.69) is 26.1 Å². The zero-order valence-electron chi connectivity index (χ0n) is 14.0. The van der Waals surface area contributed by atoms with Crippen LogP contribution in [0.5, 0.6) is 0 Å². The first kappa shape index (κ1) is 15.3. The van der Waals surface area contributed by atoms with Gasteiger partial charge in [0.05, 0.1) is 0 Å². The third-order valence-electron chi connectivity index (χ3n) is 6.24. The van der Waals surface area contributed by atoms with Crippen LogP contribution in [-0.2, 0) is 4.79 Å². The van der Waals surface area contributed by atoms with Crippen LogP contribution in [0.15, 0.2) is 0 Å². The first-order valence-corrected chi connectivity index (χ1v) is 8.87. The molecule has 4 fully saturated rings. The molecule has 4 saturated carbocycles. The lowest BCUT2D eigenvalue weighted by molar-refractivity contribution is -0.148. The van der Waals surface area contributed by atoms with E-state index in [1.54, 1.807) is 0 Å². The molecular formula is C18H32N2O. The van der Waals surface area contributed by atoms with E-state index in [0.29, 0.717) is 18.4 Å². The Labute approximate surface area is 129 Å². The predicted molar refractivity (Wildman–Crippen MR) is 85.7 cm³/mol. The summed E-state index contributed by atoms with van der Waals surface area (Å²) in [6.45, 7) is 7.05. The molecule has 3 N–H and O–H groups in total. The van der Waals surface area contributed by atoms with Crippen LogP contribution in [-0.4, -0.2) is 18.0 Å². The van der Waals surface area contributed by atoms with Gasteiger partial charge in [-0.15, -0.1) is 0 Å². The molecule has 0 aromatic carbocycles. The van der Waals surface area contributed by atoms with Gasteiger partial charge in [0.15, 0.2) is 0 Å². The van der Waals surface area contributed by atoms with Crippen LogP contribution in [0.2, 0.25) is 0 Å². The number of carbonyl (C=O) groups is 1. The zero-order valence-corrected chi connectivity index (χ0v) is 14.0. The lowest BCUT2D eigenvalue weighted by Crippen LogP contribution is -2.60. The topological polar surface area (TPSA) is 55.1 Å². The number of amides is 1. The summed E-state index contributed by atoms with van der Waals surface area (Å²) in [6, 6.07) is 0. The lowest BCUT2D eigenvalue weighted by atomic mass is 9.49. The molecule has 21 heavy (non-hydrogen) atoms. The Balaban J connectivity index is 1.73. The summed E-state index contributed by atoms with van der Waals surface area (Å²) in [6.07, 6.45) is 8.50. The van der Waals surface area contributed by atoms with E-state index >= 15 is 0 Å². The van der Waals surface area contributed by atoms with Crippen molar-refractivity contribution in [3.05, 3.63) is 0 Å². The maximum Gasteiger partial charge on any atom is 0.226 e. The lowest BCUT2D eigenvalue weighted by Gasteiger charge is -2.56. The Morgan fingerprint density at radius 2 is 1.67 bits per heavy atom. The molecule has 4 aliphatic rings. The molecule has 4 aliphatic carbocycles. The number of nitrogens with two attached hydrogens (primary N) is 1. The summed E-state index contributed by atoms with van der Waals surface area (Å²) in [5.74, 6) is 3.31. The third kappa shape index (κ3) is 2.86. The summed E-state index contributed by atoms with van der Waals surface area (Å²) in [5, 5.41) is 3.37. The van der Waals surface area contributed by atoms with Gasteiger partial charge in [0.2, 0.25) is 5.91 Å². The first-order chi connectivity index (χ1) is 9.84. The SMILES string of the molecule is CC(C)CC(C)(CN)NC(=O)C12CC3CC(CC(C3)C1)C2. The number of hydrogen-bond acceptors (Lipinski definition) is 2. The Bertz CT molecular complexity index is 382. The van der Waals surface area contributed by atoms with Crippen LogP contribution in [0.1, 0.15) is 65.7 Å². The van der Waals surface area contributed by atoms with E-state index < -0.39 is 0 Å². The van der Waals surface area contributed by atoms with Gasteiger partial charge in [-0.2, -0.15) is 0 Å². The van der Waals surface area contributed by atoms with E-state index in [0.717, 1.165) is 43.4 Å². The van der Waals surface area contributed by atoms with Gasteiger partial charge in [-0.1, -0.05) is 13.8 Å². The molecule has 1 amide bonds. The minimum Gasteiger partial charge on any atom is -0.349 e. The highest BCUT2D eigenvalue weighted by atomic mass is 16.2. The quantitative estimate of drug-likeness (QED) is 0.818. The van der Waals surface area contributed by atoms with Crippen molar-refractivity contribution in [2.45, 2.75) is 71.3 Å². The van der Waals surface area contributed by atoms with Crippen LogP contribution in [0.3, 0.4) is 0 Å². The Morgan fingerprint density at radius 3 is 2.05 bits per heavy atom. The van der Waals surface area contributed by atoms with Crippen molar-refractivity contribution in [3.63, 3.8) is 0 Å². The number of nitrogens with one attached hydrogen (secondary N) is 1. The second-order valence-corrected chi connectivity index (χ2v) is 9.01. The highest BCUT2D eigenvalue weighted by molar-refractivity contribution is 5.84. The van der Waals surface area contributed by atoms with Crippen LogP contribution < -0.4 is 11.1 Å². The van der Waals surface area contributed by atoms with Crippen molar-refractivity contribution >= 4 is 5.91 Å². The Morgan fingerprint density at radius 1 is 1.19 bits per heavy atom. The fourth-order valence-electron chi connectivity index (χ4n) is 5.88. The van der Waals surface area contributed by atoms with Gasteiger partial charge in [-0.25, -0.2) is 0 Å². The van der Waals surface area contributed by atoms with Gasteiger partial charge in [-0.3, -0.25) is 4.79 Å². The molecule has 0 aliphatic heterocycles. The maximum atomic E-state index is 13.1. The van der Waals surface area contributed by atoms with E-state index in [4.69, 9.17) is 5.73 Å². The average Bonchev–Trinajstić information content (AvgIpc) is 2.36. The molecule has 0 spiro atoms. The molecule has 0 radical (unpaired) electrons. The van der Waals surface area contributed by atoms with E-state index in [1.807, 2.05) is 0 Å². The highest BCUT2D eigenvalue weighted by Crippen LogP contribution is 2.60. The van der Waals surface area contributed by atoms with E-state index in [9.17, 15) is 4.79 Å². The van der Waals surface area contributed by atoms with Gasteiger partial charge in [-0.05, 0) is 75.5 Å². The van der Waals surface area contributed by atoms with Gasteiger partial charge in [0, 0.05) is 17.5 Å². The predicted octanol–water partition coefficient (Wildman–Crippen LogP) is 3.08. The van der Waals surface area contributed by atoms with Crippen molar-refractivity contribution in [2.24, 2.45) is 34.8 Å². The van der Waals surface area contributed by atoms with Crippen molar-refractivity contribution in [3.8, 4) is 0 Å². The normalized spacial score (nSPS) is 40.3. The number of carbonyl (C=O) groups excluding carboxylic acids is 1. The third-order valence-corrected chi connectivity index (χ3v) is 6.24. The molecular weight excluding hydrogens is 260 g/mol. The summed E-state index contributed by atoms with van der Waals surface area (Å²) in [5.41, 5.74) is 5.69. The summed E-state index contributed by atoms with van der Waals surface area (Å²) in [7, 11) is 0. The second-order valence-electron chi connectivity index (χ2n) is 9.01. The Hall–Kier alpha value is -0.570. The van der Waals surface area contributed by atoms with Crippen molar-refractivity contribution in [2.75, 3.05) is 6.54 Å². The Kier molecular flexibility index (Phi) is 3.84. The molecule has 3 nitrogen and oxygen atoms in total. The minimum atomic E-state index is -0.241. The zero-order chi connectivity index (χ0) is 15.3.